The zero-order valence-corrected chi connectivity index (χ0v) is 13.5. The molecule has 3 atom stereocenters. The first-order valence-electron chi connectivity index (χ1n) is 8.21. The van der Waals surface area contributed by atoms with Gasteiger partial charge in [0, 0.05) is 31.2 Å². The van der Waals surface area contributed by atoms with Crippen molar-refractivity contribution < 1.29 is 0 Å². The lowest BCUT2D eigenvalue weighted by Crippen LogP contribution is -2.58. The Bertz CT molecular complexity index is 388. The van der Waals surface area contributed by atoms with Gasteiger partial charge in [-0.05, 0) is 24.3 Å². The summed E-state index contributed by atoms with van der Waals surface area (Å²) in [5.41, 5.74) is 1.47. The van der Waals surface area contributed by atoms with E-state index < -0.39 is 0 Å². The number of piperazine rings is 1. The van der Waals surface area contributed by atoms with Crippen LogP contribution in [0.5, 0.6) is 0 Å². The van der Waals surface area contributed by atoms with E-state index in [-0.39, 0.29) is 0 Å². The second-order valence-electron chi connectivity index (χ2n) is 6.36. The highest BCUT2D eigenvalue weighted by atomic mass is 15.3. The highest BCUT2D eigenvalue weighted by Crippen LogP contribution is 2.30. The van der Waals surface area contributed by atoms with Gasteiger partial charge in [-0.3, -0.25) is 4.90 Å². The van der Waals surface area contributed by atoms with E-state index in [1.165, 1.54) is 24.9 Å². The average molecular weight is 274 g/mol. The molecule has 0 saturated carbocycles. The summed E-state index contributed by atoms with van der Waals surface area (Å²) < 4.78 is 0. The Hall–Kier alpha value is -0.860. The number of rotatable bonds is 5. The molecule has 0 spiro atoms. The molecule has 0 aromatic heterocycles. The summed E-state index contributed by atoms with van der Waals surface area (Å²) in [6.45, 7) is 11.6. The zero-order valence-electron chi connectivity index (χ0n) is 13.5. The number of hydrogen-bond acceptors (Lipinski definition) is 2. The Kier molecular flexibility index (Phi) is 5.62. The molecule has 0 amide bonds. The van der Waals surface area contributed by atoms with Crippen LogP contribution in [-0.2, 0) is 0 Å². The number of benzene rings is 1. The van der Waals surface area contributed by atoms with Crippen molar-refractivity contribution in [1.82, 2.24) is 10.2 Å². The molecule has 1 N–H and O–H groups in total. The molecule has 2 heteroatoms. The fourth-order valence-electron chi connectivity index (χ4n) is 3.45. The first-order chi connectivity index (χ1) is 9.67. The molecule has 2 rings (SSSR count). The molecule has 1 heterocycles. The summed E-state index contributed by atoms with van der Waals surface area (Å²) in [5.74, 6) is 0.693. The van der Waals surface area contributed by atoms with Crippen molar-refractivity contribution in [2.75, 3.05) is 13.1 Å². The fourth-order valence-corrected chi connectivity index (χ4v) is 3.45. The van der Waals surface area contributed by atoms with Crippen LogP contribution in [0, 0.1) is 5.92 Å². The first-order valence-corrected chi connectivity index (χ1v) is 8.21. The molecule has 2 nitrogen and oxygen atoms in total. The first kappa shape index (κ1) is 15.5. The van der Waals surface area contributed by atoms with Gasteiger partial charge in [0.25, 0.3) is 0 Å². The summed E-state index contributed by atoms with van der Waals surface area (Å²) in [6.07, 6.45) is 2.40. The molecule has 1 aliphatic rings. The maximum atomic E-state index is 3.72. The van der Waals surface area contributed by atoms with Crippen molar-refractivity contribution in [1.29, 1.82) is 0 Å². The predicted octanol–water partition coefficient (Wildman–Crippen LogP) is 3.85. The highest BCUT2D eigenvalue weighted by molar-refractivity contribution is 5.19. The maximum Gasteiger partial charge on any atom is 0.0349 e. The quantitative estimate of drug-likeness (QED) is 0.877. The minimum absolute atomic E-state index is 0.555. The molecule has 1 fully saturated rings. The maximum absolute atomic E-state index is 3.72. The molecule has 20 heavy (non-hydrogen) atoms. The Morgan fingerprint density at radius 1 is 1.20 bits per heavy atom. The SMILES string of the molecule is CCC1CN(C(CC)c2ccccc2)C(C(C)C)CN1. The molecule has 0 radical (unpaired) electrons. The molecule has 1 aliphatic heterocycles. The number of hydrogen-bond donors (Lipinski definition) is 1. The Morgan fingerprint density at radius 3 is 2.45 bits per heavy atom. The van der Waals surface area contributed by atoms with Gasteiger partial charge in [-0.1, -0.05) is 58.0 Å². The fraction of sp³-hybridized carbons (Fsp3) is 0.667. The van der Waals surface area contributed by atoms with Crippen LogP contribution < -0.4 is 5.32 Å². The monoisotopic (exact) mass is 274 g/mol. The lowest BCUT2D eigenvalue weighted by Gasteiger charge is -2.46. The van der Waals surface area contributed by atoms with Crippen LogP contribution in [0.4, 0.5) is 0 Å². The lowest BCUT2D eigenvalue weighted by atomic mass is 9.92. The molecular formula is C18H30N2. The van der Waals surface area contributed by atoms with Crippen molar-refractivity contribution >= 4 is 0 Å². The van der Waals surface area contributed by atoms with E-state index in [1.807, 2.05) is 0 Å². The molecule has 1 aromatic carbocycles. The second-order valence-corrected chi connectivity index (χ2v) is 6.36. The van der Waals surface area contributed by atoms with Crippen LogP contribution >= 0.6 is 0 Å². The second kappa shape index (κ2) is 7.24. The zero-order chi connectivity index (χ0) is 14.5. The van der Waals surface area contributed by atoms with Gasteiger partial charge in [0.05, 0.1) is 0 Å². The molecule has 1 saturated heterocycles. The Morgan fingerprint density at radius 2 is 1.90 bits per heavy atom. The van der Waals surface area contributed by atoms with Crippen LogP contribution in [0.15, 0.2) is 30.3 Å². The summed E-state index contributed by atoms with van der Waals surface area (Å²) >= 11 is 0. The van der Waals surface area contributed by atoms with E-state index in [0.717, 1.165) is 6.54 Å². The normalized spacial score (nSPS) is 25.9. The topological polar surface area (TPSA) is 15.3 Å². The molecule has 0 aliphatic carbocycles. The van der Waals surface area contributed by atoms with E-state index in [1.54, 1.807) is 0 Å². The molecule has 0 bridgehead atoms. The van der Waals surface area contributed by atoms with Crippen molar-refractivity contribution in [2.45, 2.75) is 58.7 Å². The van der Waals surface area contributed by atoms with Gasteiger partial charge < -0.3 is 5.32 Å². The number of nitrogens with one attached hydrogen (secondary N) is 1. The minimum atomic E-state index is 0.555. The van der Waals surface area contributed by atoms with Crippen molar-refractivity contribution in [3.8, 4) is 0 Å². The van der Waals surface area contributed by atoms with Gasteiger partial charge in [-0.25, -0.2) is 0 Å². The van der Waals surface area contributed by atoms with E-state index >= 15 is 0 Å². The van der Waals surface area contributed by atoms with Gasteiger partial charge in [0.1, 0.15) is 0 Å². The summed E-state index contributed by atoms with van der Waals surface area (Å²) in [5, 5.41) is 3.72. The van der Waals surface area contributed by atoms with Crippen LogP contribution in [0.2, 0.25) is 0 Å². The number of nitrogens with zero attached hydrogens (tertiary/aromatic N) is 1. The summed E-state index contributed by atoms with van der Waals surface area (Å²) in [6, 6.07) is 12.9. The van der Waals surface area contributed by atoms with Gasteiger partial charge in [-0.15, -0.1) is 0 Å². The molecule has 112 valence electrons. The summed E-state index contributed by atoms with van der Waals surface area (Å²) in [7, 11) is 0. The molecule has 1 aromatic rings. The van der Waals surface area contributed by atoms with Gasteiger partial charge in [0.2, 0.25) is 0 Å². The average Bonchev–Trinajstić information content (AvgIpc) is 2.48. The van der Waals surface area contributed by atoms with E-state index in [0.29, 0.717) is 24.0 Å². The third kappa shape index (κ3) is 3.42. The van der Waals surface area contributed by atoms with Crippen LogP contribution in [0.3, 0.4) is 0 Å². The van der Waals surface area contributed by atoms with Crippen molar-refractivity contribution in [3.05, 3.63) is 35.9 Å². The van der Waals surface area contributed by atoms with E-state index in [4.69, 9.17) is 0 Å². The largest absolute Gasteiger partial charge is 0.311 e. The smallest absolute Gasteiger partial charge is 0.0349 e. The van der Waals surface area contributed by atoms with Crippen molar-refractivity contribution in [3.63, 3.8) is 0 Å². The highest BCUT2D eigenvalue weighted by Gasteiger charge is 2.33. The van der Waals surface area contributed by atoms with Gasteiger partial charge in [0.15, 0.2) is 0 Å². The molecular weight excluding hydrogens is 244 g/mol. The van der Waals surface area contributed by atoms with Crippen LogP contribution in [0.1, 0.15) is 52.1 Å². The van der Waals surface area contributed by atoms with Crippen LogP contribution in [0.25, 0.3) is 0 Å². The standard InChI is InChI=1S/C18H30N2/c1-5-16-13-20(18(12-19-16)14(3)4)17(6-2)15-10-8-7-9-11-15/h7-11,14,16-19H,5-6,12-13H2,1-4H3. The van der Waals surface area contributed by atoms with E-state index in [2.05, 4.69) is 68.2 Å². The van der Waals surface area contributed by atoms with Gasteiger partial charge >= 0.3 is 0 Å². The van der Waals surface area contributed by atoms with E-state index in [9.17, 15) is 0 Å². The third-order valence-corrected chi connectivity index (χ3v) is 4.71. The summed E-state index contributed by atoms with van der Waals surface area (Å²) in [4.78, 5) is 2.75. The van der Waals surface area contributed by atoms with Crippen LogP contribution in [-0.4, -0.2) is 30.1 Å². The van der Waals surface area contributed by atoms with Gasteiger partial charge in [-0.2, -0.15) is 0 Å². The Balaban J connectivity index is 2.23. The Labute approximate surface area is 124 Å². The predicted molar refractivity (Wildman–Crippen MR) is 86.9 cm³/mol. The third-order valence-electron chi connectivity index (χ3n) is 4.71. The molecule has 3 unspecified atom stereocenters. The lowest BCUT2D eigenvalue weighted by molar-refractivity contribution is 0.0520. The minimum Gasteiger partial charge on any atom is -0.311 e. The van der Waals surface area contributed by atoms with Crippen molar-refractivity contribution in [2.24, 2.45) is 5.92 Å².